The number of anilines is 4. The van der Waals surface area contributed by atoms with E-state index >= 15 is 0 Å². The van der Waals surface area contributed by atoms with Crippen LogP contribution in [-0.4, -0.2) is 68.0 Å². The minimum absolute atomic E-state index is 0.0448. The number of aromatic nitrogens is 6. The van der Waals surface area contributed by atoms with Crippen LogP contribution in [0.25, 0.3) is 5.65 Å². The number of amides is 1. The molecular formula is C23H24FN9O3S. The highest BCUT2D eigenvalue weighted by Gasteiger charge is 2.43. The summed E-state index contributed by atoms with van der Waals surface area (Å²) < 4.78 is 39.8. The zero-order valence-electron chi connectivity index (χ0n) is 19.8. The number of carbonyl (C=O) groups excluding carboxylic acids is 1. The molecule has 2 atom stereocenters. The van der Waals surface area contributed by atoms with Gasteiger partial charge in [0.25, 0.3) is 0 Å². The normalized spacial score (nSPS) is 19.9. The third-order valence-electron chi connectivity index (χ3n) is 6.65. The van der Waals surface area contributed by atoms with Crippen molar-refractivity contribution < 1.29 is 17.6 Å². The van der Waals surface area contributed by atoms with Gasteiger partial charge in [-0.05, 0) is 43.5 Å². The molecule has 1 amide bonds. The highest BCUT2D eigenvalue weighted by molar-refractivity contribution is 7.91. The van der Waals surface area contributed by atoms with Crippen LogP contribution in [0.4, 0.5) is 27.8 Å². The molecule has 12 nitrogen and oxygen atoms in total. The van der Waals surface area contributed by atoms with Crippen molar-refractivity contribution >= 4 is 44.8 Å². The van der Waals surface area contributed by atoms with Gasteiger partial charge in [0.15, 0.2) is 15.7 Å². The van der Waals surface area contributed by atoms with Crippen molar-refractivity contribution in [1.82, 2.24) is 29.5 Å². The van der Waals surface area contributed by atoms with Gasteiger partial charge in [0.05, 0.1) is 17.1 Å². The minimum atomic E-state index is -3.45. The Kier molecular flexibility index (Phi) is 5.55. The van der Waals surface area contributed by atoms with Crippen LogP contribution in [0.2, 0.25) is 0 Å². The van der Waals surface area contributed by atoms with E-state index in [4.69, 9.17) is 0 Å². The van der Waals surface area contributed by atoms with E-state index in [1.165, 1.54) is 12.3 Å². The number of fused-ring (bicyclic) bond motifs is 1. The van der Waals surface area contributed by atoms with Crippen LogP contribution in [0.3, 0.4) is 0 Å². The highest BCUT2D eigenvalue weighted by atomic mass is 32.2. The van der Waals surface area contributed by atoms with Gasteiger partial charge in [-0.2, -0.15) is 19.5 Å². The Morgan fingerprint density at radius 1 is 1.22 bits per heavy atom. The first kappa shape index (κ1) is 23.3. The van der Waals surface area contributed by atoms with Crippen molar-refractivity contribution in [1.29, 1.82) is 0 Å². The van der Waals surface area contributed by atoms with E-state index in [0.717, 1.165) is 30.9 Å². The number of carbonyl (C=O) groups is 1. The van der Waals surface area contributed by atoms with Gasteiger partial charge in [0.1, 0.15) is 11.7 Å². The van der Waals surface area contributed by atoms with Gasteiger partial charge in [-0.1, -0.05) is 0 Å². The lowest BCUT2D eigenvalue weighted by atomic mass is 10.2. The van der Waals surface area contributed by atoms with Crippen molar-refractivity contribution in [3.05, 3.63) is 54.4 Å². The first-order chi connectivity index (χ1) is 17.7. The monoisotopic (exact) mass is 525 g/mol. The number of H-pyrrole nitrogens is 1. The fraction of sp³-hybridized carbons (Fsp3) is 0.348. The van der Waals surface area contributed by atoms with Crippen LogP contribution >= 0.6 is 0 Å². The van der Waals surface area contributed by atoms with Crippen molar-refractivity contribution in [2.75, 3.05) is 28.3 Å². The molecule has 0 bridgehead atoms. The quantitative estimate of drug-likeness (QED) is 0.309. The fourth-order valence-electron chi connectivity index (χ4n) is 4.51. The van der Waals surface area contributed by atoms with Crippen LogP contribution in [-0.2, 0) is 14.6 Å². The first-order valence-electron chi connectivity index (χ1n) is 11.8. The summed E-state index contributed by atoms with van der Waals surface area (Å²) in [6.07, 6.45) is 6.47. The fourth-order valence-corrected chi connectivity index (χ4v) is 5.47. The molecule has 0 radical (unpaired) electrons. The van der Waals surface area contributed by atoms with E-state index in [1.807, 2.05) is 12.1 Å². The summed E-state index contributed by atoms with van der Waals surface area (Å²) in [4.78, 5) is 27.7. The second-order valence-corrected chi connectivity index (χ2v) is 11.7. The molecule has 192 valence electrons. The standard InChI is InChI=1S/C23H24FN9O3S/c1-37(35,36)15-9-17(21(34)26-14-6-7-18(24)25-11-14)33(12-15)23-28-20-3-2-8-32(20)22(29-23)27-19-10-16(30-31-19)13-4-5-13/h2-3,6-8,10-11,13,15,17H,4-5,9,12H2,1H3,(H,26,34)(H2,27,28,29,30,31)/t15-,17-/m0/s1. The Hall–Kier alpha value is -4.07. The van der Waals surface area contributed by atoms with E-state index in [-0.39, 0.29) is 18.9 Å². The molecule has 5 heterocycles. The van der Waals surface area contributed by atoms with Crippen LogP contribution < -0.4 is 15.5 Å². The predicted molar refractivity (Wildman–Crippen MR) is 134 cm³/mol. The molecule has 3 N–H and O–H groups in total. The topological polar surface area (TPSA) is 150 Å². The van der Waals surface area contributed by atoms with E-state index in [9.17, 15) is 17.6 Å². The molecular weight excluding hydrogens is 501 g/mol. The minimum Gasteiger partial charge on any atom is -0.327 e. The zero-order valence-corrected chi connectivity index (χ0v) is 20.6. The van der Waals surface area contributed by atoms with Crippen LogP contribution in [0.5, 0.6) is 0 Å². The number of nitrogens with one attached hydrogen (secondary N) is 3. The third kappa shape index (κ3) is 4.71. The van der Waals surface area contributed by atoms with E-state index in [2.05, 4.69) is 35.8 Å². The summed E-state index contributed by atoms with van der Waals surface area (Å²) >= 11 is 0. The lowest BCUT2D eigenvalue weighted by Gasteiger charge is -2.24. The largest absolute Gasteiger partial charge is 0.327 e. The van der Waals surface area contributed by atoms with Gasteiger partial charge in [-0.3, -0.25) is 14.3 Å². The molecule has 2 fully saturated rings. The maximum Gasteiger partial charge on any atom is 0.247 e. The van der Waals surface area contributed by atoms with Crippen LogP contribution in [0.1, 0.15) is 30.9 Å². The van der Waals surface area contributed by atoms with Gasteiger partial charge < -0.3 is 15.5 Å². The number of hydrogen-bond acceptors (Lipinski definition) is 9. The molecule has 0 aromatic carbocycles. The van der Waals surface area contributed by atoms with Crippen molar-refractivity contribution in [3.63, 3.8) is 0 Å². The number of pyridine rings is 1. The van der Waals surface area contributed by atoms with Gasteiger partial charge in [0.2, 0.25) is 23.8 Å². The molecule has 1 saturated heterocycles. The Labute approximate surface area is 211 Å². The average Bonchev–Trinajstić information content (AvgIpc) is 3.24. The van der Waals surface area contributed by atoms with Crippen LogP contribution in [0.15, 0.2) is 42.7 Å². The molecule has 14 heteroatoms. The number of sulfone groups is 1. The zero-order chi connectivity index (χ0) is 25.7. The lowest BCUT2D eigenvalue weighted by molar-refractivity contribution is -0.117. The van der Waals surface area contributed by atoms with Gasteiger partial charge in [0, 0.05) is 36.7 Å². The third-order valence-corrected chi connectivity index (χ3v) is 8.21. The maximum absolute atomic E-state index is 13.3. The number of hydrogen-bond donors (Lipinski definition) is 3. The molecule has 1 aliphatic heterocycles. The van der Waals surface area contributed by atoms with Gasteiger partial charge in [-0.25, -0.2) is 13.4 Å². The molecule has 4 aromatic heterocycles. The van der Waals surface area contributed by atoms with Gasteiger partial charge in [-0.15, -0.1) is 0 Å². The van der Waals surface area contributed by atoms with E-state index < -0.39 is 33.0 Å². The summed E-state index contributed by atoms with van der Waals surface area (Å²) in [5.74, 6) is 0.583. The van der Waals surface area contributed by atoms with E-state index in [1.54, 1.807) is 21.6 Å². The average molecular weight is 526 g/mol. The Morgan fingerprint density at radius 3 is 2.78 bits per heavy atom. The molecule has 4 aromatic rings. The number of rotatable bonds is 7. The number of halogens is 1. The molecule has 37 heavy (non-hydrogen) atoms. The second kappa shape index (κ2) is 8.80. The molecule has 1 saturated carbocycles. The molecule has 0 unspecified atom stereocenters. The summed E-state index contributed by atoms with van der Waals surface area (Å²) in [6.45, 7) is 0.0448. The molecule has 0 spiro atoms. The predicted octanol–water partition coefficient (Wildman–Crippen LogP) is 2.24. The van der Waals surface area contributed by atoms with Crippen LogP contribution in [0, 0.1) is 5.95 Å². The highest BCUT2D eigenvalue weighted by Crippen LogP contribution is 2.39. The summed E-state index contributed by atoms with van der Waals surface area (Å²) in [5, 5.41) is 12.5. The number of aromatic amines is 1. The SMILES string of the molecule is CS(=O)(=O)[C@H]1C[C@@H](C(=O)Nc2ccc(F)nc2)N(c2nc(Nc3cc(C4CC4)[nH]n3)n3cccc3n2)C1. The Morgan fingerprint density at radius 2 is 2.05 bits per heavy atom. The Bertz CT molecular complexity index is 1580. The number of nitrogens with zero attached hydrogens (tertiary/aromatic N) is 6. The molecule has 1 aliphatic carbocycles. The van der Waals surface area contributed by atoms with Crippen molar-refractivity contribution in [3.8, 4) is 0 Å². The smallest absolute Gasteiger partial charge is 0.247 e. The van der Waals surface area contributed by atoms with E-state index in [0.29, 0.717) is 29.0 Å². The first-order valence-corrected chi connectivity index (χ1v) is 13.8. The van der Waals surface area contributed by atoms with Gasteiger partial charge >= 0.3 is 0 Å². The molecule has 6 rings (SSSR count). The Balaban J connectivity index is 1.33. The summed E-state index contributed by atoms with van der Waals surface area (Å²) in [7, 11) is -3.45. The maximum atomic E-state index is 13.3. The summed E-state index contributed by atoms with van der Waals surface area (Å²) in [6, 6.07) is 7.19. The molecule has 2 aliphatic rings. The summed E-state index contributed by atoms with van der Waals surface area (Å²) in [5.41, 5.74) is 1.92. The van der Waals surface area contributed by atoms with Crippen molar-refractivity contribution in [2.45, 2.75) is 36.5 Å². The van der Waals surface area contributed by atoms with Crippen molar-refractivity contribution in [2.24, 2.45) is 0 Å². The lowest BCUT2D eigenvalue weighted by Crippen LogP contribution is -2.40. The second-order valence-electron chi connectivity index (χ2n) is 9.41.